The number of esters is 1. The first-order chi connectivity index (χ1) is 13.1. The van der Waals surface area contributed by atoms with Crippen molar-refractivity contribution in [3.8, 4) is 11.5 Å². The SMILES string of the molecule is O=C(OC1CCN(c2ccc(Cl)cc2)C1=O)c1cccc(-c2nnco2)c1. The molecular formula is C19H14ClN3O4. The summed E-state index contributed by atoms with van der Waals surface area (Å²) >= 11 is 5.88. The van der Waals surface area contributed by atoms with Crippen molar-refractivity contribution in [1.82, 2.24) is 10.2 Å². The summed E-state index contributed by atoms with van der Waals surface area (Å²) in [7, 11) is 0. The van der Waals surface area contributed by atoms with Crippen molar-refractivity contribution in [1.29, 1.82) is 0 Å². The molecule has 1 aliphatic rings. The van der Waals surface area contributed by atoms with Crippen molar-refractivity contribution >= 4 is 29.2 Å². The van der Waals surface area contributed by atoms with Gasteiger partial charge in [0.1, 0.15) is 0 Å². The number of aromatic nitrogens is 2. The van der Waals surface area contributed by atoms with E-state index in [-0.39, 0.29) is 5.91 Å². The number of anilines is 1. The molecule has 7 nitrogen and oxygen atoms in total. The Morgan fingerprint density at radius 3 is 2.78 bits per heavy atom. The third-order valence-corrected chi connectivity index (χ3v) is 4.50. The van der Waals surface area contributed by atoms with E-state index >= 15 is 0 Å². The standard InChI is InChI=1S/C19H14ClN3O4/c20-14-4-6-15(7-5-14)23-9-8-16(18(23)24)27-19(25)13-3-1-2-12(10-13)17-22-21-11-26-17/h1-7,10-11,16H,8-9H2. The Morgan fingerprint density at radius 1 is 1.22 bits per heavy atom. The zero-order chi connectivity index (χ0) is 18.8. The summed E-state index contributed by atoms with van der Waals surface area (Å²) in [6.07, 6.45) is 0.819. The molecule has 1 aromatic heterocycles. The fourth-order valence-corrected chi connectivity index (χ4v) is 3.04. The summed E-state index contributed by atoms with van der Waals surface area (Å²) in [5.74, 6) is -0.526. The van der Waals surface area contributed by atoms with Crippen LogP contribution in [-0.2, 0) is 9.53 Å². The van der Waals surface area contributed by atoms with E-state index in [2.05, 4.69) is 10.2 Å². The smallest absolute Gasteiger partial charge is 0.338 e. The van der Waals surface area contributed by atoms with E-state index in [0.717, 1.165) is 5.69 Å². The summed E-state index contributed by atoms with van der Waals surface area (Å²) in [6, 6.07) is 13.6. The van der Waals surface area contributed by atoms with Crippen LogP contribution in [0, 0.1) is 0 Å². The largest absolute Gasteiger partial charge is 0.449 e. The van der Waals surface area contributed by atoms with Crippen molar-refractivity contribution in [3.05, 3.63) is 65.5 Å². The van der Waals surface area contributed by atoms with E-state index in [1.54, 1.807) is 53.4 Å². The molecule has 1 fully saturated rings. The zero-order valence-corrected chi connectivity index (χ0v) is 14.8. The third kappa shape index (κ3) is 3.54. The van der Waals surface area contributed by atoms with Crippen LogP contribution in [-0.4, -0.2) is 34.7 Å². The van der Waals surface area contributed by atoms with Crippen LogP contribution in [0.5, 0.6) is 0 Å². The molecule has 0 aliphatic carbocycles. The minimum Gasteiger partial charge on any atom is -0.449 e. The van der Waals surface area contributed by atoms with E-state index < -0.39 is 12.1 Å². The van der Waals surface area contributed by atoms with Gasteiger partial charge in [-0.2, -0.15) is 0 Å². The number of hydrogen-bond donors (Lipinski definition) is 0. The monoisotopic (exact) mass is 383 g/mol. The summed E-state index contributed by atoms with van der Waals surface area (Å²) in [5.41, 5.74) is 1.63. The normalized spacial score (nSPS) is 16.6. The highest BCUT2D eigenvalue weighted by Crippen LogP contribution is 2.26. The van der Waals surface area contributed by atoms with Crippen molar-refractivity contribution < 1.29 is 18.7 Å². The number of halogens is 1. The maximum atomic E-state index is 12.6. The van der Waals surface area contributed by atoms with Crippen LogP contribution in [0.15, 0.2) is 59.3 Å². The average molecular weight is 384 g/mol. The summed E-state index contributed by atoms with van der Waals surface area (Å²) in [6.45, 7) is 0.473. The Labute approximate surface area is 159 Å². The van der Waals surface area contributed by atoms with Gasteiger partial charge in [0.2, 0.25) is 12.3 Å². The molecule has 8 heteroatoms. The van der Waals surface area contributed by atoms with Gasteiger partial charge in [-0.1, -0.05) is 17.7 Å². The first-order valence-electron chi connectivity index (χ1n) is 8.26. The molecule has 0 spiro atoms. The predicted molar refractivity (Wildman–Crippen MR) is 97.4 cm³/mol. The Morgan fingerprint density at radius 2 is 2.04 bits per heavy atom. The van der Waals surface area contributed by atoms with E-state index in [0.29, 0.717) is 35.0 Å². The highest BCUT2D eigenvalue weighted by Gasteiger charge is 2.35. The molecule has 1 saturated heterocycles. The van der Waals surface area contributed by atoms with Crippen molar-refractivity contribution in [2.24, 2.45) is 0 Å². The van der Waals surface area contributed by atoms with E-state index in [9.17, 15) is 9.59 Å². The first kappa shape index (κ1) is 17.2. The molecular weight excluding hydrogens is 370 g/mol. The number of benzene rings is 2. The lowest BCUT2D eigenvalue weighted by atomic mass is 10.1. The molecule has 0 radical (unpaired) electrons. The summed E-state index contributed by atoms with van der Waals surface area (Å²) in [4.78, 5) is 26.7. The Balaban J connectivity index is 1.46. The van der Waals surface area contributed by atoms with Gasteiger partial charge in [-0.15, -0.1) is 10.2 Å². The third-order valence-electron chi connectivity index (χ3n) is 4.25. The maximum absolute atomic E-state index is 12.6. The summed E-state index contributed by atoms with van der Waals surface area (Å²) in [5, 5.41) is 8.02. The van der Waals surface area contributed by atoms with Crippen LogP contribution < -0.4 is 4.90 Å². The Bertz CT molecular complexity index is 973. The van der Waals surface area contributed by atoms with Crippen molar-refractivity contribution in [2.75, 3.05) is 11.4 Å². The van der Waals surface area contributed by atoms with Crippen LogP contribution >= 0.6 is 11.6 Å². The summed E-state index contributed by atoms with van der Waals surface area (Å²) < 4.78 is 10.6. The number of ether oxygens (including phenoxy) is 1. The maximum Gasteiger partial charge on any atom is 0.338 e. The van der Waals surface area contributed by atoms with E-state index in [1.807, 2.05) is 0 Å². The molecule has 3 aromatic rings. The second-order valence-corrected chi connectivity index (χ2v) is 6.41. The second kappa shape index (κ2) is 7.20. The Hall–Kier alpha value is -3.19. The van der Waals surface area contributed by atoms with Gasteiger partial charge in [0, 0.05) is 29.2 Å². The second-order valence-electron chi connectivity index (χ2n) is 5.97. The molecule has 0 bridgehead atoms. The van der Waals surface area contributed by atoms with Gasteiger partial charge in [-0.05, 0) is 42.5 Å². The van der Waals surface area contributed by atoms with Crippen molar-refractivity contribution in [2.45, 2.75) is 12.5 Å². The number of carbonyl (C=O) groups excluding carboxylic acids is 2. The lowest BCUT2D eigenvalue weighted by Crippen LogP contribution is -2.32. The molecule has 2 heterocycles. The molecule has 136 valence electrons. The van der Waals surface area contributed by atoms with Crippen LogP contribution in [0.2, 0.25) is 5.02 Å². The number of nitrogens with zero attached hydrogens (tertiary/aromatic N) is 3. The molecule has 1 atom stereocenters. The molecule has 2 aromatic carbocycles. The van der Waals surface area contributed by atoms with Crippen LogP contribution in [0.3, 0.4) is 0 Å². The molecule has 4 rings (SSSR count). The first-order valence-corrected chi connectivity index (χ1v) is 8.64. The van der Waals surface area contributed by atoms with E-state index in [1.165, 1.54) is 6.39 Å². The number of carbonyl (C=O) groups is 2. The molecule has 0 saturated carbocycles. The molecule has 1 amide bonds. The van der Waals surface area contributed by atoms with Gasteiger partial charge in [-0.25, -0.2) is 4.79 Å². The van der Waals surface area contributed by atoms with Crippen LogP contribution in [0.1, 0.15) is 16.8 Å². The lowest BCUT2D eigenvalue weighted by molar-refractivity contribution is -0.124. The quantitative estimate of drug-likeness (QED) is 0.642. The predicted octanol–water partition coefficient (Wildman–Crippen LogP) is 3.35. The number of amides is 1. The van der Waals surface area contributed by atoms with E-state index in [4.69, 9.17) is 20.8 Å². The van der Waals surface area contributed by atoms with Gasteiger partial charge in [0.25, 0.3) is 5.91 Å². The van der Waals surface area contributed by atoms with Gasteiger partial charge < -0.3 is 14.1 Å². The number of hydrogen-bond acceptors (Lipinski definition) is 6. The average Bonchev–Trinajstić information content (AvgIpc) is 3.34. The highest BCUT2D eigenvalue weighted by atomic mass is 35.5. The Kier molecular flexibility index (Phi) is 4.60. The van der Waals surface area contributed by atoms with Gasteiger partial charge in [0.15, 0.2) is 6.10 Å². The van der Waals surface area contributed by atoms with Crippen molar-refractivity contribution in [3.63, 3.8) is 0 Å². The zero-order valence-electron chi connectivity index (χ0n) is 14.0. The van der Waals surface area contributed by atoms with Gasteiger partial charge >= 0.3 is 5.97 Å². The fourth-order valence-electron chi connectivity index (χ4n) is 2.92. The molecule has 1 aliphatic heterocycles. The fraction of sp³-hybridized carbons (Fsp3) is 0.158. The van der Waals surface area contributed by atoms with Crippen LogP contribution in [0.25, 0.3) is 11.5 Å². The lowest BCUT2D eigenvalue weighted by Gasteiger charge is -2.17. The minimum absolute atomic E-state index is 0.251. The molecule has 27 heavy (non-hydrogen) atoms. The minimum atomic E-state index is -0.819. The van der Waals surface area contributed by atoms with Crippen LogP contribution in [0.4, 0.5) is 5.69 Å². The number of rotatable bonds is 4. The topological polar surface area (TPSA) is 85.5 Å². The molecule has 0 N–H and O–H groups in total. The molecule has 1 unspecified atom stereocenters. The van der Waals surface area contributed by atoms with Gasteiger partial charge in [-0.3, -0.25) is 4.79 Å². The highest BCUT2D eigenvalue weighted by molar-refractivity contribution is 6.30. The van der Waals surface area contributed by atoms with Gasteiger partial charge in [0.05, 0.1) is 5.56 Å².